The van der Waals surface area contributed by atoms with Gasteiger partial charge in [-0.05, 0) is 54.7 Å². The Morgan fingerprint density at radius 3 is 2.70 bits per heavy atom. The van der Waals surface area contributed by atoms with E-state index in [0.717, 1.165) is 19.3 Å². The van der Waals surface area contributed by atoms with E-state index >= 15 is 0 Å². The fourth-order valence-electron chi connectivity index (χ4n) is 3.91. The summed E-state index contributed by atoms with van der Waals surface area (Å²) in [5, 5.41) is 7.40. The molecule has 1 N–H and O–H groups in total. The molecule has 4 rings (SSSR count). The lowest BCUT2D eigenvalue weighted by molar-refractivity contribution is -0.119. The van der Waals surface area contributed by atoms with Crippen molar-refractivity contribution in [2.24, 2.45) is 0 Å². The van der Waals surface area contributed by atoms with Gasteiger partial charge in [-0.15, -0.1) is 0 Å². The van der Waals surface area contributed by atoms with E-state index in [1.807, 2.05) is 24.3 Å². The number of carbonyl (C=O) groups is 1. The van der Waals surface area contributed by atoms with Gasteiger partial charge in [0.15, 0.2) is 0 Å². The van der Waals surface area contributed by atoms with E-state index in [9.17, 15) is 14.0 Å². The third kappa shape index (κ3) is 4.20. The fourth-order valence-corrected chi connectivity index (χ4v) is 3.91. The maximum Gasteiger partial charge on any atom is 0.346 e. The summed E-state index contributed by atoms with van der Waals surface area (Å²) in [6.07, 6.45) is 3.86. The van der Waals surface area contributed by atoms with Crippen LogP contribution in [-0.2, 0) is 24.2 Å². The van der Waals surface area contributed by atoms with Crippen LogP contribution >= 0.6 is 0 Å². The number of anilines is 1. The van der Waals surface area contributed by atoms with Gasteiger partial charge in [0.1, 0.15) is 17.7 Å². The number of amides is 1. The number of nitrogens with one attached hydrogen (secondary N) is 1. The summed E-state index contributed by atoms with van der Waals surface area (Å²) in [7, 11) is 0. The third-order valence-electron chi connectivity index (χ3n) is 5.53. The molecule has 0 saturated heterocycles. The number of fused-ring (bicyclic) bond motifs is 1. The lowest BCUT2D eigenvalue weighted by Crippen LogP contribution is -2.35. The fraction of sp³-hybridized carbons (Fsp3) is 0.348. The van der Waals surface area contributed by atoms with Crippen LogP contribution in [0.2, 0.25) is 0 Å². The van der Waals surface area contributed by atoms with Gasteiger partial charge in [-0.2, -0.15) is 5.10 Å². The maximum atomic E-state index is 13.5. The van der Waals surface area contributed by atoms with E-state index in [1.165, 1.54) is 26.9 Å². The molecule has 1 unspecified atom stereocenters. The Kier molecular flexibility index (Phi) is 5.79. The topological polar surface area (TPSA) is 68.9 Å². The molecule has 0 aliphatic carbocycles. The van der Waals surface area contributed by atoms with Gasteiger partial charge >= 0.3 is 5.69 Å². The van der Waals surface area contributed by atoms with Crippen molar-refractivity contribution in [2.75, 3.05) is 5.32 Å². The van der Waals surface area contributed by atoms with E-state index < -0.39 is 6.04 Å². The zero-order chi connectivity index (χ0) is 21.1. The van der Waals surface area contributed by atoms with Crippen LogP contribution in [0.4, 0.5) is 10.1 Å². The lowest BCUT2D eigenvalue weighted by Gasteiger charge is -2.17. The average molecular weight is 408 g/mol. The molecule has 0 radical (unpaired) electrons. The van der Waals surface area contributed by atoms with Crippen LogP contribution in [0.25, 0.3) is 0 Å². The highest BCUT2D eigenvalue weighted by molar-refractivity contribution is 5.93. The number of halogens is 1. The first-order chi connectivity index (χ1) is 14.5. The van der Waals surface area contributed by atoms with Crippen LogP contribution in [0.15, 0.2) is 53.3 Å². The standard InChI is InChI=1S/C23H25FN4O2/c1-2-16-10-12-19(13-11-16)25-22(29)20-8-3-4-9-21-26-27(23(30)28(20)21)15-17-6-5-7-18(24)14-17/h5-7,10-14,20H,2-4,8-9,15H2,1H3,(H,25,29). The Morgan fingerprint density at radius 2 is 1.97 bits per heavy atom. The zero-order valence-electron chi connectivity index (χ0n) is 17.0. The summed E-state index contributed by atoms with van der Waals surface area (Å²) in [5.74, 6) is 0.0397. The van der Waals surface area contributed by atoms with Crippen LogP contribution in [0, 0.1) is 5.82 Å². The molecule has 2 aromatic carbocycles. The van der Waals surface area contributed by atoms with E-state index in [2.05, 4.69) is 17.3 Å². The second-order valence-electron chi connectivity index (χ2n) is 7.66. The molecule has 6 nitrogen and oxygen atoms in total. The Balaban J connectivity index is 1.60. The predicted molar refractivity (Wildman–Crippen MR) is 113 cm³/mol. The van der Waals surface area contributed by atoms with Gasteiger partial charge in [-0.25, -0.2) is 13.9 Å². The first kappa shape index (κ1) is 20.1. The van der Waals surface area contributed by atoms with Crippen LogP contribution in [0.3, 0.4) is 0 Å². The van der Waals surface area contributed by atoms with Crippen LogP contribution in [-0.4, -0.2) is 20.3 Å². The van der Waals surface area contributed by atoms with E-state index in [0.29, 0.717) is 29.9 Å². The molecule has 1 atom stereocenters. The molecule has 30 heavy (non-hydrogen) atoms. The van der Waals surface area contributed by atoms with E-state index in [4.69, 9.17) is 0 Å². The van der Waals surface area contributed by atoms with Gasteiger partial charge in [-0.3, -0.25) is 9.36 Å². The molecule has 1 aliphatic rings. The highest BCUT2D eigenvalue weighted by Gasteiger charge is 2.29. The summed E-state index contributed by atoms with van der Waals surface area (Å²) < 4.78 is 16.3. The summed E-state index contributed by atoms with van der Waals surface area (Å²) in [6.45, 7) is 2.25. The van der Waals surface area contributed by atoms with Gasteiger partial charge in [0.05, 0.1) is 6.54 Å². The van der Waals surface area contributed by atoms with Crippen molar-refractivity contribution in [1.29, 1.82) is 0 Å². The highest BCUT2D eigenvalue weighted by Crippen LogP contribution is 2.23. The number of aryl methyl sites for hydroxylation is 2. The number of benzene rings is 2. The number of rotatable bonds is 5. The van der Waals surface area contributed by atoms with Crippen molar-refractivity contribution in [1.82, 2.24) is 14.3 Å². The van der Waals surface area contributed by atoms with Gasteiger partial charge < -0.3 is 5.32 Å². The Hall–Kier alpha value is -3.22. The third-order valence-corrected chi connectivity index (χ3v) is 5.53. The van der Waals surface area contributed by atoms with Crippen molar-refractivity contribution < 1.29 is 9.18 Å². The quantitative estimate of drug-likeness (QED) is 0.700. The second kappa shape index (κ2) is 8.65. The number of nitrogens with zero attached hydrogens (tertiary/aromatic N) is 3. The van der Waals surface area contributed by atoms with Gasteiger partial charge in [-0.1, -0.05) is 37.6 Å². The van der Waals surface area contributed by atoms with Crippen molar-refractivity contribution in [3.05, 3.63) is 81.8 Å². The molecule has 1 aliphatic heterocycles. The normalized spacial score (nSPS) is 16.0. The molecule has 2 heterocycles. The minimum atomic E-state index is -0.609. The molecular weight excluding hydrogens is 383 g/mol. The predicted octanol–water partition coefficient (Wildman–Crippen LogP) is 3.70. The van der Waals surface area contributed by atoms with E-state index in [1.54, 1.807) is 12.1 Å². The molecule has 3 aromatic rings. The molecular formula is C23H25FN4O2. The molecule has 7 heteroatoms. The minimum Gasteiger partial charge on any atom is -0.324 e. The summed E-state index contributed by atoms with van der Waals surface area (Å²) in [6, 6.07) is 13.2. The van der Waals surface area contributed by atoms with Gasteiger partial charge in [0.2, 0.25) is 5.91 Å². The largest absolute Gasteiger partial charge is 0.346 e. The van der Waals surface area contributed by atoms with Crippen molar-refractivity contribution >= 4 is 11.6 Å². The van der Waals surface area contributed by atoms with Gasteiger partial charge in [0, 0.05) is 12.1 Å². The summed E-state index contributed by atoms with van der Waals surface area (Å²) >= 11 is 0. The molecule has 0 fully saturated rings. The number of aromatic nitrogens is 3. The Labute approximate surface area is 174 Å². The highest BCUT2D eigenvalue weighted by atomic mass is 19.1. The van der Waals surface area contributed by atoms with Crippen LogP contribution in [0.1, 0.15) is 49.2 Å². The molecule has 1 aromatic heterocycles. The maximum absolute atomic E-state index is 13.5. The smallest absolute Gasteiger partial charge is 0.324 e. The number of hydrogen-bond acceptors (Lipinski definition) is 3. The molecule has 0 spiro atoms. The first-order valence-electron chi connectivity index (χ1n) is 10.4. The lowest BCUT2D eigenvalue weighted by atomic mass is 10.1. The molecule has 1 amide bonds. The molecule has 156 valence electrons. The number of hydrogen-bond donors (Lipinski definition) is 1. The first-order valence-corrected chi connectivity index (χ1v) is 10.4. The van der Waals surface area contributed by atoms with Crippen LogP contribution < -0.4 is 11.0 Å². The van der Waals surface area contributed by atoms with Crippen molar-refractivity contribution in [2.45, 2.75) is 51.6 Å². The average Bonchev–Trinajstić information content (AvgIpc) is 2.90. The van der Waals surface area contributed by atoms with Gasteiger partial charge in [0.25, 0.3) is 0 Å². The summed E-state index contributed by atoms with van der Waals surface area (Å²) in [5.41, 5.74) is 2.22. The monoisotopic (exact) mass is 408 g/mol. The Morgan fingerprint density at radius 1 is 1.17 bits per heavy atom. The van der Waals surface area contributed by atoms with Crippen molar-refractivity contribution in [3.8, 4) is 0 Å². The van der Waals surface area contributed by atoms with Crippen molar-refractivity contribution in [3.63, 3.8) is 0 Å². The molecule has 0 bridgehead atoms. The summed E-state index contributed by atoms with van der Waals surface area (Å²) in [4.78, 5) is 26.1. The SMILES string of the molecule is CCc1ccc(NC(=O)C2CCCCc3nn(Cc4cccc(F)c4)c(=O)n32)cc1. The van der Waals surface area contributed by atoms with E-state index in [-0.39, 0.29) is 24.0 Å². The minimum absolute atomic E-state index is 0.170. The zero-order valence-corrected chi connectivity index (χ0v) is 17.0. The molecule has 0 saturated carbocycles. The Bertz CT molecular complexity index is 1100. The number of carbonyl (C=O) groups excluding carboxylic acids is 1. The second-order valence-corrected chi connectivity index (χ2v) is 7.66. The van der Waals surface area contributed by atoms with Crippen LogP contribution in [0.5, 0.6) is 0 Å².